The van der Waals surface area contributed by atoms with Gasteiger partial charge in [0, 0.05) is 25.3 Å². The van der Waals surface area contributed by atoms with Crippen LogP contribution in [0.15, 0.2) is 18.2 Å². The Morgan fingerprint density at radius 2 is 1.95 bits per heavy atom. The van der Waals surface area contributed by atoms with E-state index in [2.05, 4.69) is 56.1 Å². The predicted molar refractivity (Wildman–Crippen MR) is 93.0 cm³/mol. The van der Waals surface area contributed by atoms with Gasteiger partial charge in [-0.15, -0.1) is 0 Å². The number of nitrogens with zero attached hydrogens (tertiary/aromatic N) is 1. The van der Waals surface area contributed by atoms with Crippen LogP contribution >= 0.6 is 0 Å². The maximum atomic E-state index is 3.54. The van der Waals surface area contributed by atoms with E-state index in [0.29, 0.717) is 5.92 Å². The highest BCUT2D eigenvalue weighted by Crippen LogP contribution is 2.26. The van der Waals surface area contributed by atoms with Crippen LogP contribution in [-0.2, 0) is 6.54 Å². The molecular formula is C19H32N2. The van der Waals surface area contributed by atoms with Gasteiger partial charge in [0.2, 0.25) is 0 Å². The summed E-state index contributed by atoms with van der Waals surface area (Å²) in [6.45, 7) is 13.6. The summed E-state index contributed by atoms with van der Waals surface area (Å²) >= 11 is 0. The Morgan fingerprint density at radius 3 is 2.52 bits per heavy atom. The second kappa shape index (κ2) is 7.84. The van der Waals surface area contributed by atoms with Crippen LogP contribution in [0.1, 0.15) is 51.2 Å². The lowest BCUT2D eigenvalue weighted by Gasteiger charge is -2.33. The van der Waals surface area contributed by atoms with Crippen molar-refractivity contribution < 1.29 is 0 Å². The Bertz CT molecular complexity index is 431. The van der Waals surface area contributed by atoms with Crippen molar-refractivity contribution in [3.63, 3.8) is 0 Å². The summed E-state index contributed by atoms with van der Waals surface area (Å²) in [5.74, 6) is 1.66. The van der Waals surface area contributed by atoms with Gasteiger partial charge in [0.05, 0.1) is 0 Å². The smallest absolute Gasteiger partial charge is 0.0369 e. The highest BCUT2D eigenvalue weighted by molar-refractivity contribution is 5.51. The van der Waals surface area contributed by atoms with E-state index in [1.807, 2.05) is 0 Å². The number of benzene rings is 1. The fourth-order valence-corrected chi connectivity index (χ4v) is 3.17. The largest absolute Gasteiger partial charge is 0.372 e. The summed E-state index contributed by atoms with van der Waals surface area (Å²) < 4.78 is 0. The van der Waals surface area contributed by atoms with Crippen molar-refractivity contribution in [2.45, 2.75) is 53.5 Å². The van der Waals surface area contributed by atoms with Gasteiger partial charge >= 0.3 is 0 Å². The van der Waals surface area contributed by atoms with E-state index in [1.54, 1.807) is 0 Å². The van der Waals surface area contributed by atoms with Gasteiger partial charge in [-0.05, 0) is 61.4 Å². The molecule has 0 aromatic heterocycles. The molecule has 1 fully saturated rings. The predicted octanol–water partition coefficient (Wildman–Crippen LogP) is 4.37. The SMILES string of the molecule is CCC1CCN(c2ccc(CNCC(C)C)c(C)c2)CC1. The van der Waals surface area contributed by atoms with Crippen LogP contribution < -0.4 is 10.2 Å². The number of hydrogen-bond acceptors (Lipinski definition) is 2. The Balaban J connectivity index is 1.92. The van der Waals surface area contributed by atoms with Crippen LogP contribution in [0.4, 0.5) is 5.69 Å². The van der Waals surface area contributed by atoms with Gasteiger partial charge < -0.3 is 10.2 Å². The average molecular weight is 288 g/mol. The zero-order valence-corrected chi connectivity index (χ0v) is 14.3. The molecule has 1 saturated heterocycles. The molecule has 2 nitrogen and oxygen atoms in total. The Morgan fingerprint density at radius 1 is 1.24 bits per heavy atom. The maximum Gasteiger partial charge on any atom is 0.0369 e. The van der Waals surface area contributed by atoms with E-state index in [-0.39, 0.29) is 0 Å². The molecule has 2 rings (SSSR count). The van der Waals surface area contributed by atoms with Gasteiger partial charge in [0.15, 0.2) is 0 Å². The first-order valence-corrected chi connectivity index (χ1v) is 8.65. The standard InChI is InChI=1S/C19H32N2/c1-5-17-8-10-21(11-9-17)19-7-6-18(16(4)12-19)14-20-13-15(2)3/h6-7,12,15,17,20H,5,8-11,13-14H2,1-4H3. The lowest BCUT2D eigenvalue weighted by molar-refractivity contribution is 0.395. The minimum absolute atomic E-state index is 0.712. The van der Waals surface area contributed by atoms with Crippen LogP contribution in [0, 0.1) is 18.8 Å². The number of hydrogen-bond donors (Lipinski definition) is 1. The third-order valence-corrected chi connectivity index (χ3v) is 4.75. The molecule has 0 saturated carbocycles. The van der Waals surface area contributed by atoms with Crippen molar-refractivity contribution in [1.82, 2.24) is 5.32 Å². The van der Waals surface area contributed by atoms with E-state index in [4.69, 9.17) is 0 Å². The molecule has 0 amide bonds. The van der Waals surface area contributed by atoms with Crippen molar-refractivity contribution >= 4 is 5.69 Å². The molecule has 0 spiro atoms. The van der Waals surface area contributed by atoms with Crippen molar-refractivity contribution in [2.75, 3.05) is 24.5 Å². The Kier molecular flexibility index (Phi) is 6.10. The van der Waals surface area contributed by atoms with Gasteiger partial charge in [-0.3, -0.25) is 0 Å². The molecule has 1 aromatic carbocycles. The summed E-state index contributed by atoms with van der Waals surface area (Å²) in [7, 11) is 0. The topological polar surface area (TPSA) is 15.3 Å². The van der Waals surface area contributed by atoms with Gasteiger partial charge in [-0.25, -0.2) is 0 Å². The molecule has 0 radical (unpaired) electrons. The number of aryl methyl sites for hydroxylation is 1. The average Bonchev–Trinajstić information content (AvgIpc) is 2.48. The third kappa shape index (κ3) is 4.74. The van der Waals surface area contributed by atoms with Gasteiger partial charge in [0.25, 0.3) is 0 Å². The van der Waals surface area contributed by atoms with Crippen LogP contribution in [0.2, 0.25) is 0 Å². The Labute approximate surface area is 130 Å². The minimum Gasteiger partial charge on any atom is -0.372 e. The lowest BCUT2D eigenvalue weighted by Crippen LogP contribution is -2.33. The summed E-state index contributed by atoms with van der Waals surface area (Å²) in [6.07, 6.45) is 4.05. The summed E-state index contributed by atoms with van der Waals surface area (Å²) in [4.78, 5) is 2.56. The quantitative estimate of drug-likeness (QED) is 0.836. The van der Waals surface area contributed by atoms with E-state index in [9.17, 15) is 0 Å². The molecule has 1 aliphatic rings. The molecule has 0 atom stereocenters. The van der Waals surface area contributed by atoms with Crippen LogP contribution in [-0.4, -0.2) is 19.6 Å². The Hall–Kier alpha value is -1.02. The molecule has 0 unspecified atom stereocenters. The minimum atomic E-state index is 0.712. The first-order chi connectivity index (χ1) is 10.1. The first-order valence-electron chi connectivity index (χ1n) is 8.65. The second-order valence-electron chi connectivity index (χ2n) is 6.97. The van der Waals surface area contributed by atoms with Crippen molar-refractivity contribution in [3.8, 4) is 0 Å². The molecular weight excluding hydrogens is 256 g/mol. The molecule has 0 aliphatic carbocycles. The first kappa shape index (κ1) is 16.4. The molecule has 1 N–H and O–H groups in total. The zero-order valence-electron chi connectivity index (χ0n) is 14.3. The summed E-state index contributed by atoms with van der Waals surface area (Å²) in [6, 6.07) is 6.99. The third-order valence-electron chi connectivity index (χ3n) is 4.75. The molecule has 1 aliphatic heterocycles. The molecule has 2 heteroatoms. The highest BCUT2D eigenvalue weighted by atomic mass is 15.1. The molecule has 118 valence electrons. The normalized spacial score (nSPS) is 16.7. The van der Waals surface area contributed by atoms with E-state index in [0.717, 1.165) is 19.0 Å². The van der Waals surface area contributed by atoms with Crippen molar-refractivity contribution in [3.05, 3.63) is 29.3 Å². The lowest BCUT2D eigenvalue weighted by atomic mass is 9.94. The zero-order chi connectivity index (χ0) is 15.2. The van der Waals surface area contributed by atoms with Gasteiger partial charge in [-0.2, -0.15) is 0 Å². The highest BCUT2D eigenvalue weighted by Gasteiger charge is 2.18. The van der Waals surface area contributed by atoms with E-state index in [1.165, 1.54) is 49.2 Å². The van der Waals surface area contributed by atoms with Crippen LogP contribution in [0.5, 0.6) is 0 Å². The van der Waals surface area contributed by atoms with Gasteiger partial charge in [0.1, 0.15) is 0 Å². The van der Waals surface area contributed by atoms with Crippen LogP contribution in [0.3, 0.4) is 0 Å². The van der Waals surface area contributed by atoms with E-state index < -0.39 is 0 Å². The van der Waals surface area contributed by atoms with Crippen LogP contribution in [0.25, 0.3) is 0 Å². The van der Waals surface area contributed by atoms with Gasteiger partial charge in [-0.1, -0.05) is 33.3 Å². The van der Waals surface area contributed by atoms with E-state index >= 15 is 0 Å². The number of anilines is 1. The monoisotopic (exact) mass is 288 g/mol. The maximum absolute atomic E-state index is 3.54. The van der Waals surface area contributed by atoms with Crippen molar-refractivity contribution in [2.24, 2.45) is 11.8 Å². The second-order valence-corrected chi connectivity index (χ2v) is 6.97. The molecule has 1 heterocycles. The number of piperidine rings is 1. The summed E-state index contributed by atoms with van der Waals surface area (Å²) in [5, 5.41) is 3.54. The fourth-order valence-electron chi connectivity index (χ4n) is 3.17. The van der Waals surface area contributed by atoms with Crippen molar-refractivity contribution in [1.29, 1.82) is 0 Å². The number of nitrogens with one attached hydrogen (secondary N) is 1. The summed E-state index contributed by atoms with van der Waals surface area (Å²) in [5.41, 5.74) is 4.26. The molecule has 1 aromatic rings. The fraction of sp³-hybridized carbons (Fsp3) is 0.684. The number of rotatable bonds is 6. The molecule has 21 heavy (non-hydrogen) atoms. The molecule has 0 bridgehead atoms.